The summed E-state index contributed by atoms with van der Waals surface area (Å²) in [7, 11) is 0. The van der Waals surface area contributed by atoms with Crippen LogP contribution in [0.25, 0.3) is 0 Å². The number of carbonyl (C=O) groups excluding carboxylic acids is 2. The van der Waals surface area contributed by atoms with Crippen molar-refractivity contribution in [2.24, 2.45) is 22.7 Å². The predicted octanol–water partition coefficient (Wildman–Crippen LogP) is 4.10. The van der Waals surface area contributed by atoms with E-state index in [0.29, 0.717) is 22.8 Å². The second-order valence-electron chi connectivity index (χ2n) is 8.82. The molecule has 0 unspecified atom stereocenters. The minimum Gasteiger partial charge on any atom is -0.374 e. The van der Waals surface area contributed by atoms with Crippen LogP contribution in [0.4, 0.5) is 0 Å². The maximum absolute atomic E-state index is 11.2. The standard InChI is InChI=1S/C20H30O3/c1-18(2)9-4-10-20-14-23-19(3,11-7-16(18)20)17(20)6-5-15(13-22)8-12-21/h5,12-13,16-17H,4,6-11,14H2,1-3H3/b15-5+/t16-,17-,19-,20+/m0/s1. The Hall–Kier alpha value is -0.960. The zero-order valence-corrected chi connectivity index (χ0v) is 14.8. The molecule has 0 aromatic heterocycles. The molecule has 0 aromatic carbocycles. The molecule has 1 spiro atoms. The molecule has 23 heavy (non-hydrogen) atoms. The number of hydrogen-bond acceptors (Lipinski definition) is 3. The van der Waals surface area contributed by atoms with Gasteiger partial charge < -0.3 is 9.53 Å². The molecule has 3 heteroatoms. The Morgan fingerprint density at radius 2 is 1.96 bits per heavy atom. The molecule has 1 saturated heterocycles. The summed E-state index contributed by atoms with van der Waals surface area (Å²) >= 11 is 0. The Kier molecular flexibility index (Phi) is 4.29. The molecule has 2 aliphatic carbocycles. The van der Waals surface area contributed by atoms with Gasteiger partial charge in [-0.05, 0) is 61.9 Å². The van der Waals surface area contributed by atoms with Gasteiger partial charge >= 0.3 is 0 Å². The summed E-state index contributed by atoms with van der Waals surface area (Å²) in [5, 5.41) is 0. The van der Waals surface area contributed by atoms with Crippen molar-refractivity contribution in [1.29, 1.82) is 0 Å². The van der Waals surface area contributed by atoms with E-state index in [1.807, 2.05) is 6.08 Å². The quantitative estimate of drug-likeness (QED) is 0.566. The fourth-order valence-corrected chi connectivity index (χ4v) is 6.08. The van der Waals surface area contributed by atoms with Crippen LogP contribution in [-0.2, 0) is 14.3 Å². The molecule has 4 atom stereocenters. The number of fused-ring (bicyclic) bond motifs is 1. The van der Waals surface area contributed by atoms with Gasteiger partial charge in [-0.1, -0.05) is 26.3 Å². The molecule has 0 radical (unpaired) electrons. The maximum Gasteiger partial charge on any atom is 0.146 e. The van der Waals surface area contributed by atoms with E-state index in [1.54, 1.807) is 0 Å². The first-order valence-corrected chi connectivity index (χ1v) is 9.10. The van der Waals surface area contributed by atoms with Crippen LogP contribution in [0.1, 0.15) is 65.7 Å². The van der Waals surface area contributed by atoms with Gasteiger partial charge in [0.25, 0.3) is 0 Å². The van der Waals surface area contributed by atoms with Crippen molar-refractivity contribution in [2.75, 3.05) is 6.61 Å². The number of aldehydes is 2. The first-order valence-electron chi connectivity index (χ1n) is 9.10. The monoisotopic (exact) mass is 318 g/mol. The van der Waals surface area contributed by atoms with E-state index in [2.05, 4.69) is 20.8 Å². The van der Waals surface area contributed by atoms with E-state index in [-0.39, 0.29) is 17.4 Å². The van der Waals surface area contributed by atoms with Gasteiger partial charge in [-0.2, -0.15) is 0 Å². The Balaban J connectivity index is 1.91. The summed E-state index contributed by atoms with van der Waals surface area (Å²) < 4.78 is 6.37. The lowest BCUT2D eigenvalue weighted by molar-refractivity contribution is -0.109. The Morgan fingerprint density at radius 1 is 1.17 bits per heavy atom. The molecule has 3 nitrogen and oxygen atoms in total. The normalized spacial score (nSPS) is 42.1. The smallest absolute Gasteiger partial charge is 0.146 e. The number of allylic oxidation sites excluding steroid dienone is 2. The first kappa shape index (κ1) is 16.9. The van der Waals surface area contributed by atoms with Crippen LogP contribution in [0.2, 0.25) is 0 Å². The lowest BCUT2D eigenvalue weighted by Gasteiger charge is -2.57. The van der Waals surface area contributed by atoms with Gasteiger partial charge in [0.05, 0.1) is 12.2 Å². The van der Waals surface area contributed by atoms with Crippen molar-refractivity contribution in [3.8, 4) is 0 Å². The molecule has 3 rings (SSSR count). The topological polar surface area (TPSA) is 43.4 Å². The first-order chi connectivity index (χ1) is 10.9. The highest BCUT2D eigenvalue weighted by Gasteiger charge is 2.64. The van der Waals surface area contributed by atoms with Crippen molar-refractivity contribution >= 4 is 12.6 Å². The summed E-state index contributed by atoms with van der Waals surface area (Å²) in [6.07, 6.45) is 11.0. The van der Waals surface area contributed by atoms with Crippen LogP contribution < -0.4 is 0 Å². The van der Waals surface area contributed by atoms with Gasteiger partial charge in [0.2, 0.25) is 0 Å². The minimum absolute atomic E-state index is 0.0599. The third kappa shape index (κ3) is 2.61. The second-order valence-corrected chi connectivity index (χ2v) is 8.82. The van der Waals surface area contributed by atoms with Crippen molar-refractivity contribution in [2.45, 2.75) is 71.3 Å². The van der Waals surface area contributed by atoms with Crippen LogP contribution in [0, 0.1) is 22.7 Å². The minimum atomic E-state index is -0.0599. The fourth-order valence-electron chi connectivity index (χ4n) is 6.08. The van der Waals surface area contributed by atoms with Gasteiger partial charge in [0, 0.05) is 11.8 Å². The summed E-state index contributed by atoms with van der Waals surface area (Å²) in [6, 6.07) is 0. The van der Waals surface area contributed by atoms with Crippen molar-refractivity contribution in [1.82, 2.24) is 0 Å². The predicted molar refractivity (Wildman–Crippen MR) is 90.1 cm³/mol. The van der Waals surface area contributed by atoms with E-state index in [9.17, 15) is 9.59 Å². The number of ether oxygens (including phenoxy) is 1. The van der Waals surface area contributed by atoms with Crippen molar-refractivity contribution < 1.29 is 14.3 Å². The lowest BCUT2D eigenvalue weighted by atomic mass is 9.46. The highest BCUT2D eigenvalue weighted by Crippen LogP contribution is 2.67. The third-order valence-electron chi connectivity index (χ3n) is 7.22. The molecule has 0 amide bonds. The Labute approximate surface area is 139 Å². The zero-order chi connectivity index (χ0) is 16.7. The molecule has 1 aliphatic heterocycles. The third-order valence-corrected chi connectivity index (χ3v) is 7.22. The van der Waals surface area contributed by atoms with Crippen LogP contribution >= 0.6 is 0 Å². The summed E-state index contributed by atoms with van der Waals surface area (Å²) in [4.78, 5) is 21.9. The van der Waals surface area contributed by atoms with Gasteiger partial charge in [0.1, 0.15) is 12.6 Å². The number of carbonyl (C=O) groups is 2. The van der Waals surface area contributed by atoms with E-state index >= 15 is 0 Å². The van der Waals surface area contributed by atoms with E-state index in [4.69, 9.17) is 4.74 Å². The largest absolute Gasteiger partial charge is 0.374 e. The molecular formula is C20H30O3. The highest BCUT2D eigenvalue weighted by molar-refractivity contribution is 5.78. The van der Waals surface area contributed by atoms with E-state index in [1.165, 1.54) is 25.7 Å². The molecule has 3 aliphatic rings. The van der Waals surface area contributed by atoms with Gasteiger partial charge in [0.15, 0.2) is 0 Å². The molecule has 1 heterocycles. The van der Waals surface area contributed by atoms with Gasteiger partial charge in [-0.3, -0.25) is 4.79 Å². The molecule has 2 bridgehead atoms. The Morgan fingerprint density at radius 3 is 2.65 bits per heavy atom. The second kappa shape index (κ2) is 5.84. The van der Waals surface area contributed by atoms with Gasteiger partial charge in [-0.15, -0.1) is 0 Å². The van der Waals surface area contributed by atoms with Crippen molar-refractivity contribution in [3.63, 3.8) is 0 Å². The van der Waals surface area contributed by atoms with Crippen molar-refractivity contribution in [3.05, 3.63) is 11.6 Å². The molecule has 3 fully saturated rings. The van der Waals surface area contributed by atoms with Crippen LogP contribution in [-0.4, -0.2) is 24.8 Å². The fraction of sp³-hybridized carbons (Fsp3) is 0.800. The highest BCUT2D eigenvalue weighted by atomic mass is 16.5. The van der Waals surface area contributed by atoms with E-state index < -0.39 is 0 Å². The molecule has 128 valence electrons. The van der Waals surface area contributed by atoms with E-state index in [0.717, 1.165) is 32.0 Å². The number of hydrogen-bond donors (Lipinski definition) is 0. The Bertz CT molecular complexity index is 521. The molecule has 2 saturated carbocycles. The average molecular weight is 318 g/mol. The van der Waals surface area contributed by atoms with Gasteiger partial charge in [-0.25, -0.2) is 0 Å². The summed E-state index contributed by atoms with van der Waals surface area (Å²) in [6.45, 7) is 7.99. The number of rotatable bonds is 5. The summed E-state index contributed by atoms with van der Waals surface area (Å²) in [5.74, 6) is 1.18. The maximum atomic E-state index is 11.2. The molecular weight excluding hydrogens is 288 g/mol. The molecule has 0 aromatic rings. The summed E-state index contributed by atoms with van der Waals surface area (Å²) in [5.41, 5.74) is 1.21. The SMILES string of the molecule is CC1(C)CCC[C@@]23CO[C@@](C)(CC[C@@H]12)[C@@H]3C/C=C(/C=O)CC=O. The van der Waals surface area contributed by atoms with Crippen LogP contribution in [0.5, 0.6) is 0 Å². The lowest BCUT2D eigenvalue weighted by Crippen LogP contribution is -2.54. The average Bonchev–Trinajstić information content (AvgIpc) is 2.65. The van der Waals surface area contributed by atoms with Crippen LogP contribution in [0.3, 0.4) is 0 Å². The van der Waals surface area contributed by atoms with Crippen LogP contribution in [0.15, 0.2) is 11.6 Å². The molecule has 0 N–H and O–H groups in total. The zero-order valence-electron chi connectivity index (χ0n) is 14.8.